The summed E-state index contributed by atoms with van der Waals surface area (Å²) < 4.78 is 11.1. The Morgan fingerprint density at radius 2 is 2.31 bits per heavy atom. The van der Waals surface area contributed by atoms with Gasteiger partial charge in [-0.3, -0.25) is 0 Å². The first-order valence-corrected chi connectivity index (χ1v) is 5.06. The molecule has 0 bridgehead atoms. The van der Waals surface area contributed by atoms with E-state index in [9.17, 15) is 0 Å². The maximum absolute atomic E-state index is 5.93. The van der Waals surface area contributed by atoms with Crippen LogP contribution in [0.25, 0.3) is 0 Å². The van der Waals surface area contributed by atoms with E-state index in [1.807, 2.05) is 0 Å². The zero-order valence-electron chi connectivity index (χ0n) is 7.87. The van der Waals surface area contributed by atoms with Gasteiger partial charge < -0.3 is 20.5 Å². The van der Waals surface area contributed by atoms with E-state index in [1.54, 1.807) is 0 Å². The first kappa shape index (κ1) is 9.40. The number of hydrogen-bond acceptors (Lipinski definition) is 4. The summed E-state index contributed by atoms with van der Waals surface area (Å²) in [6.07, 6.45) is 2.57. The van der Waals surface area contributed by atoms with Crippen molar-refractivity contribution in [2.24, 2.45) is 5.73 Å². The average Bonchev–Trinajstić information content (AvgIpc) is 2.61. The highest BCUT2D eigenvalue weighted by Gasteiger charge is 2.27. The van der Waals surface area contributed by atoms with Crippen molar-refractivity contribution in [3.63, 3.8) is 0 Å². The number of rotatable bonds is 2. The second kappa shape index (κ2) is 4.37. The third-order valence-corrected chi connectivity index (χ3v) is 2.72. The van der Waals surface area contributed by atoms with Crippen molar-refractivity contribution in [3.8, 4) is 0 Å². The molecule has 2 unspecified atom stereocenters. The molecule has 0 spiro atoms. The van der Waals surface area contributed by atoms with Crippen LogP contribution in [0.4, 0.5) is 0 Å². The normalized spacial score (nSPS) is 40.8. The molecule has 0 radical (unpaired) electrons. The Morgan fingerprint density at radius 3 is 3.00 bits per heavy atom. The predicted octanol–water partition coefficient (Wildman–Crippen LogP) is -0.519. The Kier molecular flexibility index (Phi) is 3.16. The molecule has 0 saturated carbocycles. The summed E-state index contributed by atoms with van der Waals surface area (Å²) in [5.41, 5.74) is 5.93. The molecule has 3 atom stereocenters. The van der Waals surface area contributed by atoms with Crippen LogP contribution in [-0.4, -0.2) is 44.6 Å². The van der Waals surface area contributed by atoms with Crippen molar-refractivity contribution in [1.82, 2.24) is 5.32 Å². The van der Waals surface area contributed by atoms with Gasteiger partial charge in [-0.1, -0.05) is 0 Å². The summed E-state index contributed by atoms with van der Waals surface area (Å²) in [6.45, 7) is 3.48. The van der Waals surface area contributed by atoms with Gasteiger partial charge in [-0.25, -0.2) is 0 Å². The van der Waals surface area contributed by atoms with Crippen molar-refractivity contribution >= 4 is 0 Å². The molecule has 3 N–H and O–H groups in total. The van der Waals surface area contributed by atoms with Gasteiger partial charge in [0, 0.05) is 19.2 Å². The Labute approximate surface area is 78.8 Å². The summed E-state index contributed by atoms with van der Waals surface area (Å²) in [6, 6.07) is 0.148. The summed E-state index contributed by atoms with van der Waals surface area (Å²) in [7, 11) is 0. The monoisotopic (exact) mass is 186 g/mol. The van der Waals surface area contributed by atoms with E-state index in [0.717, 1.165) is 39.1 Å². The van der Waals surface area contributed by atoms with Gasteiger partial charge in [0.25, 0.3) is 0 Å². The minimum Gasteiger partial charge on any atom is -0.379 e. The maximum atomic E-state index is 5.93. The topological polar surface area (TPSA) is 56.5 Å². The third kappa shape index (κ3) is 2.40. The van der Waals surface area contributed by atoms with Crippen LogP contribution in [0, 0.1) is 0 Å². The standard InChI is InChI=1S/C9H18N2O2/c10-8-5-11-3-1-9(8)13-7-2-4-12-6-7/h7-9,11H,1-6,10H2/t7-,8?,9?/m1/s1. The van der Waals surface area contributed by atoms with Gasteiger partial charge in [-0.05, 0) is 19.4 Å². The van der Waals surface area contributed by atoms with Crippen molar-refractivity contribution in [1.29, 1.82) is 0 Å². The van der Waals surface area contributed by atoms with Crippen LogP contribution in [0.2, 0.25) is 0 Å². The Morgan fingerprint density at radius 1 is 1.38 bits per heavy atom. The van der Waals surface area contributed by atoms with Gasteiger partial charge >= 0.3 is 0 Å². The highest BCUT2D eigenvalue weighted by molar-refractivity contribution is 4.83. The van der Waals surface area contributed by atoms with Crippen molar-refractivity contribution in [3.05, 3.63) is 0 Å². The van der Waals surface area contributed by atoms with E-state index in [1.165, 1.54) is 0 Å². The zero-order valence-corrected chi connectivity index (χ0v) is 7.87. The molecular weight excluding hydrogens is 168 g/mol. The summed E-state index contributed by atoms with van der Waals surface area (Å²) in [4.78, 5) is 0. The number of nitrogens with two attached hydrogens (primary N) is 1. The molecule has 2 aliphatic heterocycles. The van der Waals surface area contributed by atoms with Crippen LogP contribution in [0.3, 0.4) is 0 Å². The molecule has 0 aromatic carbocycles. The highest BCUT2D eigenvalue weighted by Crippen LogP contribution is 2.15. The van der Waals surface area contributed by atoms with Crippen LogP contribution in [0.5, 0.6) is 0 Å². The molecule has 4 nitrogen and oxygen atoms in total. The molecule has 2 fully saturated rings. The fraction of sp³-hybridized carbons (Fsp3) is 1.00. The minimum absolute atomic E-state index is 0.148. The average molecular weight is 186 g/mol. The molecule has 2 rings (SSSR count). The lowest BCUT2D eigenvalue weighted by molar-refractivity contribution is -0.0377. The Hall–Kier alpha value is -0.160. The molecule has 0 amide bonds. The molecule has 0 aromatic rings. The minimum atomic E-state index is 0.148. The van der Waals surface area contributed by atoms with Gasteiger partial charge in [-0.2, -0.15) is 0 Å². The highest BCUT2D eigenvalue weighted by atomic mass is 16.6. The van der Waals surface area contributed by atoms with E-state index >= 15 is 0 Å². The molecule has 2 aliphatic rings. The van der Waals surface area contributed by atoms with Gasteiger partial charge in [0.1, 0.15) is 0 Å². The largest absolute Gasteiger partial charge is 0.379 e. The quantitative estimate of drug-likeness (QED) is 0.609. The SMILES string of the molecule is NC1CNCCC1O[C@@H]1CCOC1. The first-order valence-electron chi connectivity index (χ1n) is 5.06. The van der Waals surface area contributed by atoms with Crippen molar-refractivity contribution in [2.45, 2.75) is 31.1 Å². The second-order valence-electron chi connectivity index (χ2n) is 3.82. The van der Waals surface area contributed by atoms with Crippen molar-refractivity contribution < 1.29 is 9.47 Å². The molecule has 0 aliphatic carbocycles. The zero-order chi connectivity index (χ0) is 9.10. The van der Waals surface area contributed by atoms with E-state index < -0.39 is 0 Å². The Balaban J connectivity index is 1.78. The van der Waals surface area contributed by atoms with Crippen LogP contribution >= 0.6 is 0 Å². The van der Waals surface area contributed by atoms with Crippen molar-refractivity contribution in [2.75, 3.05) is 26.3 Å². The predicted molar refractivity (Wildman–Crippen MR) is 49.6 cm³/mol. The van der Waals surface area contributed by atoms with E-state index in [4.69, 9.17) is 15.2 Å². The molecular formula is C9H18N2O2. The smallest absolute Gasteiger partial charge is 0.0835 e. The van der Waals surface area contributed by atoms with Gasteiger partial charge in [0.2, 0.25) is 0 Å². The van der Waals surface area contributed by atoms with Crippen LogP contribution < -0.4 is 11.1 Å². The fourth-order valence-corrected chi connectivity index (χ4v) is 1.89. The molecule has 13 heavy (non-hydrogen) atoms. The third-order valence-electron chi connectivity index (χ3n) is 2.72. The van der Waals surface area contributed by atoms with Crippen LogP contribution in [-0.2, 0) is 9.47 Å². The number of hydrogen-bond donors (Lipinski definition) is 2. The number of nitrogens with one attached hydrogen (secondary N) is 1. The molecule has 76 valence electrons. The maximum Gasteiger partial charge on any atom is 0.0835 e. The fourth-order valence-electron chi connectivity index (χ4n) is 1.89. The number of ether oxygens (including phenoxy) is 2. The van der Waals surface area contributed by atoms with Gasteiger partial charge in [-0.15, -0.1) is 0 Å². The lowest BCUT2D eigenvalue weighted by Crippen LogP contribution is -2.51. The lowest BCUT2D eigenvalue weighted by atomic mass is 10.0. The van der Waals surface area contributed by atoms with E-state index in [-0.39, 0.29) is 18.2 Å². The molecule has 4 heteroatoms. The van der Waals surface area contributed by atoms with E-state index in [0.29, 0.717) is 0 Å². The molecule has 0 aromatic heterocycles. The van der Waals surface area contributed by atoms with E-state index in [2.05, 4.69) is 5.32 Å². The number of piperidine rings is 1. The van der Waals surface area contributed by atoms with Crippen LogP contribution in [0.15, 0.2) is 0 Å². The lowest BCUT2D eigenvalue weighted by Gasteiger charge is -2.31. The first-order chi connectivity index (χ1) is 6.36. The molecule has 2 saturated heterocycles. The Bertz CT molecular complexity index is 160. The van der Waals surface area contributed by atoms with Gasteiger partial charge in [0.05, 0.1) is 18.8 Å². The summed E-state index contributed by atoms with van der Waals surface area (Å²) in [5.74, 6) is 0. The summed E-state index contributed by atoms with van der Waals surface area (Å²) >= 11 is 0. The van der Waals surface area contributed by atoms with Gasteiger partial charge in [0.15, 0.2) is 0 Å². The summed E-state index contributed by atoms with van der Waals surface area (Å²) in [5, 5.41) is 3.25. The van der Waals surface area contributed by atoms with Crippen LogP contribution in [0.1, 0.15) is 12.8 Å². The molecule has 2 heterocycles. The second-order valence-corrected chi connectivity index (χ2v) is 3.82.